The molecule has 0 radical (unpaired) electrons. The van der Waals surface area contributed by atoms with E-state index in [1.807, 2.05) is 13.8 Å². The van der Waals surface area contributed by atoms with Gasteiger partial charge in [0.2, 0.25) is 0 Å². The number of ether oxygens (including phenoxy) is 6. The summed E-state index contributed by atoms with van der Waals surface area (Å²) in [6, 6.07) is 7.67. The average molecular weight is 659 g/mol. The molecule has 45 heavy (non-hydrogen) atoms. The van der Waals surface area contributed by atoms with Crippen LogP contribution in [0.1, 0.15) is 51.8 Å². The fourth-order valence-electron chi connectivity index (χ4n) is 4.76. The van der Waals surface area contributed by atoms with Crippen LogP contribution in [0.15, 0.2) is 51.4 Å². The second kappa shape index (κ2) is 14.7. The van der Waals surface area contributed by atoms with Crippen molar-refractivity contribution >= 4 is 41.0 Å². The molecule has 0 bridgehead atoms. The highest BCUT2D eigenvalue weighted by Crippen LogP contribution is 2.38. The molecular weight excluding hydrogens is 624 g/mol. The highest BCUT2D eigenvalue weighted by Gasteiger charge is 2.34. The van der Waals surface area contributed by atoms with Crippen LogP contribution in [-0.2, 0) is 19.1 Å². The normalized spacial score (nSPS) is 14.5. The topological polar surface area (TPSA) is 124 Å². The van der Waals surface area contributed by atoms with Crippen molar-refractivity contribution in [1.29, 1.82) is 0 Å². The first-order valence-corrected chi connectivity index (χ1v) is 15.4. The Morgan fingerprint density at radius 3 is 2.40 bits per heavy atom. The third-order valence-corrected chi connectivity index (χ3v) is 7.84. The highest BCUT2D eigenvalue weighted by atomic mass is 35.5. The number of allylic oxidation sites excluding steroid dienone is 1. The van der Waals surface area contributed by atoms with E-state index in [4.69, 9.17) is 40.0 Å². The van der Waals surface area contributed by atoms with Crippen molar-refractivity contribution in [3.63, 3.8) is 0 Å². The zero-order valence-corrected chi connectivity index (χ0v) is 27.7. The van der Waals surface area contributed by atoms with Crippen LogP contribution >= 0.6 is 22.9 Å². The maximum absolute atomic E-state index is 14.1. The van der Waals surface area contributed by atoms with Gasteiger partial charge in [-0.3, -0.25) is 9.36 Å². The van der Waals surface area contributed by atoms with E-state index in [1.165, 1.54) is 18.8 Å². The summed E-state index contributed by atoms with van der Waals surface area (Å²) < 4.78 is 34.6. The number of halogens is 1. The van der Waals surface area contributed by atoms with Crippen molar-refractivity contribution in [1.82, 2.24) is 4.57 Å². The molecule has 13 heteroatoms. The van der Waals surface area contributed by atoms with Crippen LogP contribution in [0, 0.1) is 0 Å². The SMILES string of the molecule is CCOC(=O)COc1c(Cl)cc(/C=c2\sc3n(c2=O)[C@H](c2ccc(OC(C)C)c(OC)c2)C(C(=O)OCC)=C(C)N=3)cc1OC. The number of hydrogen-bond donors (Lipinski definition) is 0. The minimum absolute atomic E-state index is 0.0926. The molecule has 0 aliphatic carbocycles. The molecule has 0 saturated heterocycles. The lowest BCUT2D eigenvalue weighted by Gasteiger charge is -2.25. The number of nitrogens with zero attached hydrogens (tertiary/aromatic N) is 2. The molecule has 4 rings (SSSR count). The van der Waals surface area contributed by atoms with Crippen LogP contribution in [-0.4, -0.2) is 56.6 Å². The van der Waals surface area contributed by atoms with Gasteiger partial charge < -0.3 is 28.4 Å². The number of rotatable bonds is 12. The Balaban J connectivity index is 1.85. The summed E-state index contributed by atoms with van der Waals surface area (Å²) >= 11 is 7.66. The second-order valence-electron chi connectivity index (χ2n) is 10.0. The largest absolute Gasteiger partial charge is 0.493 e. The Morgan fingerprint density at radius 1 is 1.04 bits per heavy atom. The van der Waals surface area contributed by atoms with E-state index >= 15 is 0 Å². The number of thiazole rings is 1. The maximum Gasteiger partial charge on any atom is 0.344 e. The lowest BCUT2D eigenvalue weighted by Crippen LogP contribution is -2.40. The molecule has 1 atom stereocenters. The summed E-state index contributed by atoms with van der Waals surface area (Å²) in [5.41, 5.74) is 1.45. The van der Waals surface area contributed by atoms with Crippen molar-refractivity contribution in [3.8, 4) is 23.0 Å². The second-order valence-corrected chi connectivity index (χ2v) is 11.4. The predicted molar refractivity (Wildman–Crippen MR) is 169 cm³/mol. The summed E-state index contributed by atoms with van der Waals surface area (Å²) in [6.07, 6.45) is 1.55. The van der Waals surface area contributed by atoms with Crippen molar-refractivity contribution in [2.45, 2.75) is 46.8 Å². The number of methoxy groups -OCH3 is 2. The number of esters is 2. The van der Waals surface area contributed by atoms with Gasteiger partial charge in [-0.25, -0.2) is 14.6 Å². The quantitative estimate of drug-likeness (QED) is 0.264. The van der Waals surface area contributed by atoms with Crippen molar-refractivity contribution in [2.75, 3.05) is 34.0 Å². The van der Waals surface area contributed by atoms with Crippen molar-refractivity contribution in [3.05, 3.63) is 77.4 Å². The van der Waals surface area contributed by atoms with Crippen LogP contribution < -0.4 is 33.8 Å². The standard InChI is InChI=1S/C32H35ClN2O9S/c1-8-41-26(36)16-43-29-21(33)12-19(13-24(29)40-7)14-25-30(37)35-28(20-10-11-22(44-17(3)4)23(15-20)39-6)27(31(38)42-9-2)18(5)34-32(35)45-25/h10-15,17,28H,8-9,16H2,1-7H3/b25-14-/t28-/m1/s1. The Bertz CT molecular complexity index is 1810. The fraction of sp³-hybridized carbons (Fsp3) is 0.375. The molecule has 11 nitrogen and oxygen atoms in total. The van der Waals surface area contributed by atoms with Gasteiger partial charge >= 0.3 is 11.9 Å². The summed E-state index contributed by atoms with van der Waals surface area (Å²) in [4.78, 5) is 44.1. The number of fused-ring (bicyclic) bond motifs is 1. The molecule has 240 valence electrons. The first kappa shape index (κ1) is 33.6. The number of hydrogen-bond acceptors (Lipinski definition) is 11. The number of aromatic nitrogens is 1. The zero-order valence-electron chi connectivity index (χ0n) is 26.1. The molecule has 0 saturated carbocycles. The van der Waals surface area contributed by atoms with Crippen LogP contribution in [0.4, 0.5) is 0 Å². The highest BCUT2D eigenvalue weighted by molar-refractivity contribution is 7.07. The van der Waals surface area contributed by atoms with Gasteiger partial charge in [0.25, 0.3) is 5.56 Å². The first-order chi connectivity index (χ1) is 21.5. The van der Waals surface area contributed by atoms with Crippen LogP contribution in [0.25, 0.3) is 6.08 Å². The fourth-order valence-corrected chi connectivity index (χ4v) is 6.08. The Hall–Kier alpha value is -4.29. The number of carbonyl (C=O) groups excluding carboxylic acids is 2. The van der Waals surface area contributed by atoms with E-state index in [2.05, 4.69) is 4.99 Å². The van der Waals surface area contributed by atoms with Gasteiger partial charge in [0, 0.05) is 0 Å². The molecule has 0 fully saturated rings. The van der Waals surface area contributed by atoms with Crippen LogP contribution in [0.5, 0.6) is 23.0 Å². The van der Waals surface area contributed by atoms with E-state index in [0.717, 1.165) is 11.3 Å². The van der Waals surface area contributed by atoms with Crippen molar-refractivity contribution < 1.29 is 38.0 Å². The third kappa shape index (κ3) is 7.34. The van der Waals surface area contributed by atoms with Crippen LogP contribution in [0.3, 0.4) is 0 Å². The monoisotopic (exact) mass is 658 g/mol. The summed E-state index contributed by atoms with van der Waals surface area (Å²) in [7, 11) is 2.96. The van der Waals surface area contributed by atoms with Gasteiger partial charge in [-0.05, 0) is 76.1 Å². The Labute approximate surface area is 269 Å². The summed E-state index contributed by atoms with van der Waals surface area (Å²) in [5, 5.41) is 0.173. The Morgan fingerprint density at radius 2 is 1.76 bits per heavy atom. The van der Waals surface area contributed by atoms with Gasteiger partial charge in [-0.1, -0.05) is 29.0 Å². The third-order valence-electron chi connectivity index (χ3n) is 6.57. The van der Waals surface area contributed by atoms with Gasteiger partial charge in [0.05, 0.1) is 60.4 Å². The molecule has 0 unspecified atom stereocenters. The molecule has 1 aromatic heterocycles. The van der Waals surface area contributed by atoms with Crippen LogP contribution in [0.2, 0.25) is 5.02 Å². The molecule has 2 aromatic carbocycles. The number of benzene rings is 2. The molecule has 0 spiro atoms. The average Bonchev–Trinajstić information content (AvgIpc) is 3.29. The number of carbonyl (C=O) groups is 2. The molecule has 0 amide bonds. The molecular formula is C32H35ClN2O9S. The summed E-state index contributed by atoms with van der Waals surface area (Å²) in [6.45, 7) is 8.96. The minimum Gasteiger partial charge on any atom is -0.493 e. The van der Waals surface area contributed by atoms with E-state index < -0.39 is 18.0 Å². The smallest absolute Gasteiger partial charge is 0.344 e. The van der Waals surface area contributed by atoms with Gasteiger partial charge in [0.1, 0.15) is 0 Å². The lowest BCUT2D eigenvalue weighted by atomic mass is 9.95. The zero-order chi connectivity index (χ0) is 32.8. The molecule has 1 aliphatic heterocycles. The van der Waals surface area contributed by atoms with Gasteiger partial charge in [-0.2, -0.15) is 0 Å². The lowest BCUT2D eigenvalue weighted by molar-refractivity contribution is -0.145. The summed E-state index contributed by atoms with van der Waals surface area (Å²) in [5.74, 6) is 0.289. The predicted octanol–water partition coefficient (Wildman–Crippen LogP) is 4.20. The maximum atomic E-state index is 14.1. The van der Waals surface area contributed by atoms with E-state index in [-0.39, 0.29) is 53.6 Å². The van der Waals surface area contributed by atoms with Crippen molar-refractivity contribution in [2.24, 2.45) is 4.99 Å². The van der Waals surface area contributed by atoms with Gasteiger partial charge in [-0.15, -0.1) is 0 Å². The molecule has 2 heterocycles. The molecule has 3 aromatic rings. The molecule has 1 aliphatic rings. The van der Waals surface area contributed by atoms with E-state index in [0.29, 0.717) is 37.7 Å². The minimum atomic E-state index is -0.846. The van der Waals surface area contributed by atoms with E-state index in [1.54, 1.807) is 57.2 Å². The van der Waals surface area contributed by atoms with E-state index in [9.17, 15) is 14.4 Å². The van der Waals surface area contributed by atoms with Gasteiger partial charge in [0.15, 0.2) is 34.4 Å². The first-order valence-electron chi connectivity index (χ1n) is 14.2. The molecule has 0 N–H and O–H groups in total. The Kier molecular flexibility index (Phi) is 10.9.